The van der Waals surface area contributed by atoms with Crippen molar-refractivity contribution in [1.82, 2.24) is 9.97 Å². The summed E-state index contributed by atoms with van der Waals surface area (Å²) >= 11 is 0. The highest BCUT2D eigenvalue weighted by molar-refractivity contribution is 7.90. The molecule has 1 rings (SSSR count). The van der Waals surface area contributed by atoms with Crippen LogP contribution in [0.15, 0.2) is 17.4 Å². The van der Waals surface area contributed by atoms with Crippen molar-refractivity contribution >= 4 is 9.84 Å². The highest BCUT2D eigenvalue weighted by Crippen LogP contribution is 2.27. The van der Waals surface area contributed by atoms with Gasteiger partial charge in [-0.3, -0.25) is 0 Å². The summed E-state index contributed by atoms with van der Waals surface area (Å²) in [7, 11) is -3.74. The second-order valence-electron chi connectivity index (χ2n) is 2.51. The Labute approximate surface area is 77.7 Å². The number of hydrogen-bond donors (Lipinski definition) is 0. The molecule has 4 nitrogen and oxygen atoms in total. The Morgan fingerprint density at radius 2 is 1.86 bits per heavy atom. The summed E-state index contributed by atoms with van der Waals surface area (Å²) in [6, 6.07) is 0.398. The molecular formula is C6H5F3N2O2S. The van der Waals surface area contributed by atoms with Gasteiger partial charge >= 0.3 is 6.18 Å². The van der Waals surface area contributed by atoms with Gasteiger partial charge in [0.1, 0.15) is 12.0 Å². The quantitative estimate of drug-likeness (QED) is 0.667. The predicted octanol–water partition coefficient (Wildman–Crippen LogP) is 0.899. The van der Waals surface area contributed by atoms with Crippen LogP contribution in [0, 0.1) is 0 Å². The minimum absolute atomic E-state index is 0.398. The van der Waals surface area contributed by atoms with Crippen LogP contribution in [-0.2, 0) is 16.0 Å². The van der Waals surface area contributed by atoms with Gasteiger partial charge in [-0.25, -0.2) is 18.4 Å². The molecule has 0 aliphatic rings. The van der Waals surface area contributed by atoms with E-state index in [1.165, 1.54) is 0 Å². The third-order valence-electron chi connectivity index (χ3n) is 1.31. The van der Waals surface area contributed by atoms with Crippen molar-refractivity contribution in [1.29, 1.82) is 0 Å². The highest BCUT2D eigenvalue weighted by Gasteiger charge is 2.33. The van der Waals surface area contributed by atoms with Crippen LogP contribution in [-0.4, -0.2) is 24.6 Å². The van der Waals surface area contributed by atoms with Crippen molar-refractivity contribution in [2.45, 2.75) is 11.2 Å². The number of nitrogens with zero attached hydrogens (tertiary/aromatic N) is 2. The van der Waals surface area contributed by atoms with Crippen LogP contribution in [0.25, 0.3) is 0 Å². The largest absolute Gasteiger partial charge is 0.433 e. The molecule has 1 aromatic rings. The van der Waals surface area contributed by atoms with Gasteiger partial charge in [-0.1, -0.05) is 0 Å². The van der Waals surface area contributed by atoms with Crippen molar-refractivity contribution in [3.05, 3.63) is 18.1 Å². The zero-order chi connectivity index (χ0) is 11.0. The van der Waals surface area contributed by atoms with E-state index in [4.69, 9.17) is 0 Å². The molecule has 1 heterocycles. The molecule has 0 aliphatic heterocycles. The Kier molecular flexibility index (Phi) is 2.49. The molecule has 0 aromatic carbocycles. The molecule has 1 aromatic heterocycles. The first-order valence-corrected chi connectivity index (χ1v) is 5.20. The van der Waals surface area contributed by atoms with Gasteiger partial charge in [0.15, 0.2) is 14.9 Å². The fourth-order valence-corrected chi connectivity index (χ4v) is 1.26. The zero-order valence-corrected chi connectivity index (χ0v) is 7.72. The van der Waals surface area contributed by atoms with Gasteiger partial charge in [-0.15, -0.1) is 0 Å². The Morgan fingerprint density at radius 1 is 1.29 bits per heavy atom. The first-order chi connectivity index (χ1) is 6.21. The number of alkyl halides is 3. The van der Waals surface area contributed by atoms with E-state index in [-0.39, 0.29) is 0 Å². The molecule has 0 bridgehead atoms. The van der Waals surface area contributed by atoms with Crippen LogP contribution in [0.4, 0.5) is 13.2 Å². The smallest absolute Gasteiger partial charge is 0.232 e. The van der Waals surface area contributed by atoms with Crippen LogP contribution < -0.4 is 0 Å². The Hall–Kier alpha value is -1.18. The molecular weight excluding hydrogens is 221 g/mol. The molecule has 0 aliphatic carbocycles. The van der Waals surface area contributed by atoms with E-state index >= 15 is 0 Å². The van der Waals surface area contributed by atoms with Crippen LogP contribution in [0.5, 0.6) is 0 Å². The molecule has 0 saturated heterocycles. The minimum Gasteiger partial charge on any atom is -0.232 e. The van der Waals surface area contributed by atoms with E-state index in [1.807, 2.05) is 0 Å². The van der Waals surface area contributed by atoms with Crippen LogP contribution in [0.2, 0.25) is 0 Å². The lowest BCUT2D eigenvalue weighted by Gasteiger charge is -2.05. The summed E-state index contributed by atoms with van der Waals surface area (Å²) in [6.07, 6.45) is -3.32. The lowest BCUT2D eigenvalue weighted by atomic mass is 10.4. The molecule has 0 unspecified atom stereocenters. The lowest BCUT2D eigenvalue weighted by Crippen LogP contribution is -2.11. The average Bonchev–Trinajstić information content (AvgIpc) is 2.01. The second kappa shape index (κ2) is 3.19. The Morgan fingerprint density at radius 3 is 2.29 bits per heavy atom. The Bertz CT molecular complexity index is 441. The van der Waals surface area contributed by atoms with Crippen molar-refractivity contribution in [2.24, 2.45) is 0 Å². The van der Waals surface area contributed by atoms with E-state index in [9.17, 15) is 21.6 Å². The van der Waals surface area contributed by atoms with E-state index < -0.39 is 26.7 Å². The number of aromatic nitrogens is 2. The standard InChI is InChI=1S/C6H5F3N2O2S/c1-14(12,13)5-2-4(6(7,8)9)10-3-11-5/h2-3H,1H3. The molecule has 0 amide bonds. The van der Waals surface area contributed by atoms with E-state index in [2.05, 4.69) is 9.97 Å². The second-order valence-corrected chi connectivity index (χ2v) is 4.47. The van der Waals surface area contributed by atoms with Gasteiger partial charge < -0.3 is 0 Å². The van der Waals surface area contributed by atoms with Crippen molar-refractivity contribution in [2.75, 3.05) is 6.26 Å². The zero-order valence-electron chi connectivity index (χ0n) is 6.91. The SMILES string of the molecule is CS(=O)(=O)c1cc(C(F)(F)F)ncn1. The van der Waals surface area contributed by atoms with E-state index in [0.717, 1.165) is 6.26 Å². The number of hydrogen-bond acceptors (Lipinski definition) is 4. The summed E-state index contributed by atoms with van der Waals surface area (Å²) in [5, 5.41) is -0.639. The average molecular weight is 226 g/mol. The van der Waals surface area contributed by atoms with Gasteiger partial charge in [-0.05, 0) is 0 Å². The fraction of sp³-hybridized carbons (Fsp3) is 0.333. The molecule has 0 spiro atoms. The maximum Gasteiger partial charge on any atom is 0.433 e. The van der Waals surface area contributed by atoms with Gasteiger partial charge in [0.25, 0.3) is 0 Å². The van der Waals surface area contributed by atoms with Crippen molar-refractivity contribution in [3.63, 3.8) is 0 Å². The van der Waals surface area contributed by atoms with Gasteiger partial charge in [0.2, 0.25) is 0 Å². The Balaban J connectivity index is 3.29. The molecule has 0 radical (unpaired) electrons. The number of rotatable bonds is 1. The van der Waals surface area contributed by atoms with E-state index in [1.54, 1.807) is 0 Å². The fourth-order valence-electron chi connectivity index (χ4n) is 0.697. The molecule has 0 fully saturated rings. The van der Waals surface area contributed by atoms with Crippen LogP contribution in [0.1, 0.15) is 5.69 Å². The molecule has 8 heteroatoms. The summed E-state index contributed by atoms with van der Waals surface area (Å²) in [5.74, 6) is 0. The summed E-state index contributed by atoms with van der Waals surface area (Å²) in [6.45, 7) is 0. The topological polar surface area (TPSA) is 59.9 Å². The number of sulfone groups is 1. The monoisotopic (exact) mass is 226 g/mol. The van der Waals surface area contributed by atoms with Crippen molar-refractivity contribution < 1.29 is 21.6 Å². The van der Waals surface area contributed by atoms with Crippen LogP contribution >= 0.6 is 0 Å². The summed E-state index contributed by atoms with van der Waals surface area (Å²) in [4.78, 5) is 6.15. The van der Waals surface area contributed by atoms with E-state index in [0.29, 0.717) is 12.4 Å². The highest BCUT2D eigenvalue weighted by atomic mass is 32.2. The van der Waals surface area contributed by atoms with Gasteiger partial charge in [-0.2, -0.15) is 13.2 Å². The summed E-state index contributed by atoms with van der Waals surface area (Å²) < 4.78 is 57.9. The molecule has 0 atom stereocenters. The predicted molar refractivity (Wildman–Crippen MR) is 40.1 cm³/mol. The molecule has 0 N–H and O–H groups in total. The third kappa shape index (κ3) is 2.41. The van der Waals surface area contributed by atoms with Crippen LogP contribution in [0.3, 0.4) is 0 Å². The first kappa shape index (κ1) is 10.9. The minimum atomic E-state index is -4.66. The van der Waals surface area contributed by atoms with Crippen molar-refractivity contribution in [3.8, 4) is 0 Å². The molecule has 78 valence electrons. The van der Waals surface area contributed by atoms with Gasteiger partial charge in [0, 0.05) is 12.3 Å². The first-order valence-electron chi connectivity index (χ1n) is 3.30. The normalized spacial score (nSPS) is 12.9. The molecule has 14 heavy (non-hydrogen) atoms. The lowest BCUT2D eigenvalue weighted by molar-refractivity contribution is -0.141. The summed E-state index contributed by atoms with van der Waals surface area (Å²) in [5.41, 5.74) is -1.27. The molecule has 0 saturated carbocycles. The maximum absolute atomic E-state index is 12.1. The number of halogens is 3. The maximum atomic E-state index is 12.1. The van der Waals surface area contributed by atoms with Gasteiger partial charge in [0.05, 0.1) is 0 Å². The third-order valence-corrected chi connectivity index (χ3v) is 2.30.